The monoisotopic (exact) mass is 298 g/mol. The molecule has 3 heterocycles. The molecule has 1 aliphatic rings. The van der Waals surface area contributed by atoms with E-state index < -0.39 is 0 Å². The van der Waals surface area contributed by atoms with Gasteiger partial charge in [-0.1, -0.05) is 0 Å². The molecule has 2 aromatic rings. The molecule has 1 amide bonds. The Morgan fingerprint density at radius 1 is 1.27 bits per heavy atom. The Balaban J connectivity index is 1.75. The van der Waals surface area contributed by atoms with E-state index in [9.17, 15) is 4.79 Å². The van der Waals surface area contributed by atoms with Gasteiger partial charge in [-0.3, -0.25) is 4.79 Å². The molecule has 0 bridgehead atoms. The lowest BCUT2D eigenvalue weighted by molar-refractivity contribution is -0.126. The fourth-order valence-electron chi connectivity index (χ4n) is 2.83. The van der Waals surface area contributed by atoms with Crippen molar-refractivity contribution in [1.29, 1.82) is 0 Å². The van der Waals surface area contributed by atoms with Crippen molar-refractivity contribution in [2.75, 3.05) is 18.0 Å². The van der Waals surface area contributed by atoms with Gasteiger partial charge in [0.2, 0.25) is 5.91 Å². The van der Waals surface area contributed by atoms with Gasteiger partial charge in [-0.25, -0.2) is 9.97 Å². The molecule has 0 aliphatic carbocycles. The van der Waals surface area contributed by atoms with Gasteiger partial charge in [0, 0.05) is 30.2 Å². The second-order valence-electron chi connectivity index (χ2n) is 6.39. The number of nitrogens with one attached hydrogen (secondary N) is 1. The molecule has 22 heavy (non-hydrogen) atoms. The van der Waals surface area contributed by atoms with Crippen molar-refractivity contribution in [2.45, 2.75) is 33.7 Å². The normalized spacial score (nSPS) is 15.2. The first-order valence-electron chi connectivity index (χ1n) is 7.74. The molecule has 3 rings (SSSR count). The molecule has 5 nitrogen and oxygen atoms in total. The average Bonchev–Trinajstić information content (AvgIpc) is 2.35. The molecule has 2 aromatic heterocycles. The van der Waals surface area contributed by atoms with Gasteiger partial charge in [0.1, 0.15) is 5.82 Å². The molecule has 116 valence electrons. The highest BCUT2D eigenvalue weighted by atomic mass is 16.2. The third kappa shape index (κ3) is 2.75. The van der Waals surface area contributed by atoms with Crippen molar-refractivity contribution >= 4 is 22.8 Å². The van der Waals surface area contributed by atoms with Crippen LogP contribution in [-0.2, 0) is 4.79 Å². The van der Waals surface area contributed by atoms with Crippen LogP contribution in [0.15, 0.2) is 18.2 Å². The minimum absolute atomic E-state index is 0.0621. The van der Waals surface area contributed by atoms with Crippen LogP contribution < -0.4 is 10.2 Å². The van der Waals surface area contributed by atoms with E-state index in [2.05, 4.69) is 39.2 Å². The third-order valence-corrected chi connectivity index (χ3v) is 4.00. The Kier molecular flexibility index (Phi) is 3.72. The molecule has 0 atom stereocenters. The summed E-state index contributed by atoms with van der Waals surface area (Å²) < 4.78 is 0. The number of rotatable bonds is 3. The van der Waals surface area contributed by atoms with Gasteiger partial charge in [-0.05, 0) is 51.5 Å². The number of anilines is 1. The predicted octanol–water partition coefficient (Wildman–Crippen LogP) is 2.21. The summed E-state index contributed by atoms with van der Waals surface area (Å²) in [5, 5.41) is 4.05. The number of carbonyl (C=O) groups excluding carboxylic acids is 1. The van der Waals surface area contributed by atoms with E-state index in [1.54, 1.807) is 0 Å². The molecule has 0 radical (unpaired) electrons. The molecule has 0 unspecified atom stereocenters. The zero-order valence-corrected chi connectivity index (χ0v) is 13.6. The van der Waals surface area contributed by atoms with Gasteiger partial charge in [-0.15, -0.1) is 0 Å². The molecule has 5 heteroatoms. The summed E-state index contributed by atoms with van der Waals surface area (Å²) in [6.07, 6.45) is 0. The average molecular weight is 298 g/mol. The lowest BCUT2D eigenvalue weighted by Crippen LogP contribution is -2.55. The fraction of sp³-hybridized carbons (Fsp3) is 0.471. The molecule has 1 aliphatic heterocycles. The molecule has 1 N–H and O–H groups in total. The Bertz CT molecular complexity index is 720. The van der Waals surface area contributed by atoms with E-state index in [1.165, 1.54) is 5.56 Å². The maximum absolute atomic E-state index is 11.9. The van der Waals surface area contributed by atoms with E-state index in [4.69, 9.17) is 0 Å². The van der Waals surface area contributed by atoms with Gasteiger partial charge in [0.25, 0.3) is 0 Å². The number of hydrogen-bond donors (Lipinski definition) is 1. The zero-order valence-electron chi connectivity index (χ0n) is 13.6. The number of hydrogen-bond acceptors (Lipinski definition) is 4. The largest absolute Gasteiger partial charge is 0.355 e. The molecule has 1 fully saturated rings. The lowest BCUT2D eigenvalue weighted by Gasteiger charge is -2.39. The number of carbonyl (C=O) groups is 1. The topological polar surface area (TPSA) is 58.1 Å². The van der Waals surface area contributed by atoms with E-state index in [0.29, 0.717) is 0 Å². The Morgan fingerprint density at radius 2 is 2.00 bits per heavy atom. The quantitative estimate of drug-likeness (QED) is 0.944. The first-order valence-corrected chi connectivity index (χ1v) is 7.74. The van der Waals surface area contributed by atoms with Gasteiger partial charge in [-0.2, -0.15) is 0 Å². The number of fused-ring (bicyclic) bond motifs is 1. The first kappa shape index (κ1) is 14.8. The number of aromatic nitrogens is 2. The van der Waals surface area contributed by atoms with Crippen LogP contribution in [0, 0.1) is 19.8 Å². The van der Waals surface area contributed by atoms with Crippen LogP contribution >= 0.6 is 0 Å². The first-order chi connectivity index (χ1) is 10.4. The van der Waals surface area contributed by atoms with Crippen molar-refractivity contribution in [1.82, 2.24) is 15.3 Å². The van der Waals surface area contributed by atoms with Crippen molar-refractivity contribution in [2.24, 2.45) is 5.92 Å². The molecule has 0 saturated carbocycles. The lowest BCUT2D eigenvalue weighted by atomic mass is 9.98. The summed E-state index contributed by atoms with van der Waals surface area (Å²) in [6.45, 7) is 9.47. The van der Waals surface area contributed by atoms with Crippen LogP contribution in [0.5, 0.6) is 0 Å². The van der Waals surface area contributed by atoms with Crippen LogP contribution in [0.2, 0.25) is 0 Å². The molecular formula is C17H22N4O. The van der Waals surface area contributed by atoms with Crippen molar-refractivity contribution < 1.29 is 4.79 Å². The Hall–Kier alpha value is -2.17. The highest BCUT2D eigenvalue weighted by molar-refractivity contribution is 5.83. The summed E-state index contributed by atoms with van der Waals surface area (Å²) in [5.41, 5.74) is 2.96. The molecule has 0 aromatic carbocycles. The highest BCUT2D eigenvalue weighted by Crippen LogP contribution is 2.26. The second kappa shape index (κ2) is 5.55. The third-order valence-electron chi connectivity index (χ3n) is 4.00. The zero-order chi connectivity index (χ0) is 15.9. The minimum Gasteiger partial charge on any atom is -0.355 e. The van der Waals surface area contributed by atoms with E-state index in [-0.39, 0.29) is 17.9 Å². The van der Waals surface area contributed by atoms with Gasteiger partial charge in [0.15, 0.2) is 5.65 Å². The van der Waals surface area contributed by atoms with Crippen LogP contribution in [0.4, 0.5) is 5.82 Å². The van der Waals surface area contributed by atoms with Crippen LogP contribution in [0.3, 0.4) is 0 Å². The summed E-state index contributed by atoms with van der Waals surface area (Å²) in [7, 11) is 0. The van der Waals surface area contributed by atoms with E-state index >= 15 is 0 Å². The summed E-state index contributed by atoms with van der Waals surface area (Å²) in [5.74, 6) is 1.10. The maximum Gasteiger partial charge on any atom is 0.226 e. The highest BCUT2D eigenvalue weighted by Gasteiger charge is 2.33. The Labute approximate surface area is 130 Å². The van der Waals surface area contributed by atoms with Gasteiger partial charge in [0.05, 0.1) is 5.92 Å². The summed E-state index contributed by atoms with van der Waals surface area (Å²) in [4.78, 5) is 23.2. The van der Waals surface area contributed by atoms with Crippen LogP contribution in [0.1, 0.15) is 25.1 Å². The standard InChI is InChI=1S/C17H22N4O/c1-10(2)18-17(22)13-8-21(9-13)15-6-5-14-11(3)7-12(4)19-16(14)20-15/h5-7,10,13H,8-9H2,1-4H3,(H,18,22). The number of amides is 1. The van der Waals surface area contributed by atoms with Crippen molar-refractivity contribution in [3.63, 3.8) is 0 Å². The second-order valence-corrected chi connectivity index (χ2v) is 6.39. The predicted molar refractivity (Wildman–Crippen MR) is 88.0 cm³/mol. The molecule has 0 spiro atoms. The Morgan fingerprint density at radius 3 is 2.68 bits per heavy atom. The molecular weight excluding hydrogens is 276 g/mol. The fourth-order valence-corrected chi connectivity index (χ4v) is 2.83. The smallest absolute Gasteiger partial charge is 0.226 e. The summed E-state index contributed by atoms with van der Waals surface area (Å²) in [6, 6.07) is 6.35. The van der Waals surface area contributed by atoms with Gasteiger partial charge >= 0.3 is 0 Å². The molecule has 1 saturated heterocycles. The van der Waals surface area contributed by atoms with Crippen molar-refractivity contribution in [3.8, 4) is 0 Å². The van der Waals surface area contributed by atoms with E-state index in [1.807, 2.05) is 26.8 Å². The van der Waals surface area contributed by atoms with Gasteiger partial charge < -0.3 is 10.2 Å². The number of nitrogens with zero attached hydrogens (tertiary/aromatic N) is 3. The number of aryl methyl sites for hydroxylation is 2. The maximum atomic E-state index is 11.9. The van der Waals surface area contributed by atoms with Crippen molar-refractivity contribution in [3.05, 3.63) is 29.5 Å². The van der Waals surface area contributed by atoms with E-state index in [0.717, 1.165) is 35.6 Å². The number of pyridine rings is 2. The van der Waals surface area contributed by atoms with Crippen LogP contribution in [-0.4, -0.2) is 35.0 Å². The summed E-state index contributed by atoms with van der Waals surface area (Å²) >= 11 is 0. The minimum atomic E-state index is 0.0621. The van der Waals surface area contributed by atoms with Crippen LogP contribution in [0.25, 0.3) is 11.0 Å². The SMILES string of the molecule is Cc1cc(C)c2ccc(N3CC(C(=O)NC(C)C)C3)nc2n1.